The fraction of sp³-hybridized carbons (Fsp3) is 0.364. The normalized spacial score (nSPS) is 14.0. The highest BCUT2D eigenvalue weighted by Gasteiger charge is 2.31. The monoisotopic (exact) mass is 496 g/mol. The molecule has 0 bridgehead atoms. The SMILES string of the molecule is Cc1c(Cl)cccc1NC(=O)COC(=O)[C@H](NS(=O)(=O)c1ccc2c(c1)OCCO2)C(C)C. The summed E-state index contributed by atoms with van der Waals surface area (Å²) in [6, 6.07) is 8.02. The molecule has 3 rings (SSSR count). The molecule has 178 valence electrons. The zero-order valence-corrected chi connectivity index (χ0v) is 20.0. The van der Waals surface area contributed by atoms with Crippen LogP contribution in [0, 0.1) is 12.8 Å². The van der Waals surface area contributed by atoms with Gasteiger partial charge in [-0.15, -0.1) is 0 Å². The van der Waals surface area contributed by atoms with E-state index in [-0.39, 0.29) is 4.90 Å². The molecule has 1 aliphatic heterocycles. The number of benzene rings is 2. The van der Waals surface area contributed by atoms with Crippen LogP contribution in [0.3, 0.4) is 0 Å². The quantitative estimate of drug-likeness (QED) is 0.539. The van der Waals surface area contributed by atoms with Crippen LogP contribution in [0.1, 0.15) is 19.4 Å². The fourth-order valence-corrected chi connectivity index (χ4v) is 4.56. The molecule has 1 amide bonds. The molecule has 2 aromatic carbocycles. The third-order valence-corrected chi connectivity index (χ3v) is 6.76. The Morgan fingerprint density at radius 2 is 1.82 bits per heavy atom. The van der Waals surface area contributed by atoms with Crippen LogP contribution in [0.15, 0.2) is 41.3 Å². The molecule has 2 aromatic rings. The number of ether oxygens (including phenoxy) is 3. The standard InChI is InChI=1S/C22H25ClN2O7S/c1-13(2)21(22(27)32-12-20(26)24-17-6-4-5-16(23)14(17)3)25-33(28,29)15-7-8-18-19(11-15)31-10-9-30-18/h4-8,11,13,21,25H,9-10,12H2,1-3H3,(H,24,26)/t21-/m1/s1. The first-order chi connectivity index (χ1) is 15.6. The molecule has 9 nitrogen and oxygen atoms in total. The van der Waals surface area contributed by atoms with E-state index in [1.807, 2.05) is 0 Å². The minimum absolute atomic E-state index is 0.0839. The molecule has 0 radical (unpaired) electrons. The molecule has 1 heterocycles. The molecular weight excluding hydrogens is 472 g/mol. The highest BCUT2D eigenvalue weighted by atomic mass is 35.5. The van der Waals surface area contributed by atoms with Gasteiger partial charge in [-0.3, -0.25) is 9.59 Å². The number of amides is 1. The number of anilines is 1. The van der Waals surface area contributed by atoms with Gasteiger partial charge in [-0.25, -0.2) is 8.42 Å². The van der Waals surface area contributed by atoms with Gasteiger partial charge in [-0.05, 0) is 42.7 Å². The number of hydrogen-bond donors (Lipinski definition) is 2. The first kappa shape index (κ1) is 24.8. The van der Waals surface area contributed by atoms with E-state index in [9.17, 15) is 18.0 Å². The molecule has 0 aromatic heterocycles. The van der Waals surface area contributed by atoms with E-state index in [2.05, 4.69) is 10.0 Å². The topological polar surface area (TPSA) is 120 Å². The Balaban J connectivity index is 1.65. The lowest BCUT2D eigenvalue weighted by Gasteiger charge is -2.22. The van der Waals surface area contributed by atoms with E-state index in [1.165, 1.54) is 18.2 Å². The third kappa shape index (κ3) is 6.16. The van der Waals surface area contributed by atoms with E-state index in [4.69, 9.17) is 25.8 Å². The number of esters is 1. The molecule has 0 fully saturated rings. The molecule has 0 aliphatic carbocycles. The van der Waals surface area contributed by atoms with Crippen LogP contribution in [0.5, 0.6) is 11.5 Å². The van der Waals surface area contributed by atoms with Crippen molar-refractivity contribution >= 4 is 39.2 Å². The van der Waals surface area contributed by atoms with E-state index in [0.717, 1.165) is 0 Å². The predicted molar refractivity (Wildman–Crippen MR) is 122 cm³/mol. The number of carbonyl (C=O) groups is 2. The van der Waals surface area contributed by atoms with Gasteiger partial charge < -0.3 is 19.5 Å². The number of nitrogens with one attached hydrogen (secondary N) is 2. The Bertz CT molecular complexity index is 1150. The van der Waals surface area contributed by atoms with Crippen molar-refractivity contribution in [1.82, 2.24) is 4.72 Å². The average Bonchev–Trinajstić information content (AvgIpc) is 2.78. The van der Waals surface area contributed by atoms with Crippen molar-refractivity contribution in [3.05, 3.63) is 47.0 Å². The van der Waals surface area contributed by atoms with Gasteiger partial charge in [-0.1, -0.05) is 31.5 Å². The van der Waals surface area contributed by atoms with E-state index in [1.54, 1.807) is 39.0 Å². The highest BCUT2D eigenvalue weighted by Crippen LogP contribution is 2.32. The Labute approximate surface area is 197 Å². The fourth-order valence-electron chi connectivity index (χ4n) is 3.04. The summed E-state index contributed by atoms with van der Waals surface area (Å²) in [7, 11) is -4.08. The van der Waals surface area contributed by atoms with Gasteiger partial charge in [0.05, 0.1) is 4.90 Å². The lowest BCUT2D eigenvalue weighted by molar-refractivity contribution is -0.150. The van der Waals surface area contributed by atoms with Crippen LogP contribution in [0.4, 0.5) is 5.69 Å². The number of halogens is 1. The van der Waals surface area contributed by atoms with Crippen LogP contribution in [0.25, 0.3) is 0 Å². The second-order valence-electron chi connectivity index (χ2n) is 7.72. The molecule has 1 aliphatic rings. The average molecular weight is 497 g/mol. The molecule has 33 heavy (non-hydrogen) atoms. The summed E-state index contributed by atoms with van der Waals surface area (Å²) in [6.45, 7) is 5.16. The second-order valence-corrected chi connectivity index (χ2v) is 9.84. The maximum Gasteiger partial charge on any atom is 0.324 e. The Hall–Kier alpha value is -2.82. The molecule has 0 unspecified atom stereocenters. The van der Waals surface area contributed by atoms with Crippen LogP contribution >= 0.6 is 11.6 Å². The molecule has 0 spiro atoms. The first-order valence-electron chi connectivity index (χ1n) is 10.2. The van der Waals surface area contributed by atoms with Crippen LogP contribution in [0.2, 0.25) is 5.02 Å². The number of hydrogen-bond acceptors (Lipinski definition) is 7. The van der Waals surface area contributed by atoms with Gasteiger partial charge in [0.25, 0.3) is 5.91 Å². The maximum atomic E-state index is 12.9. The first-order valence-corrected chi connectivity index (χ1v) is 12.1. The van der Waals surface area contributed by atoms with Crippen molar-refractivity contribution in [1.29, 1.82) is 0 Å². The van der Waals surface area contributed by atoms with Gasteiger partial charge in [0.2, 0.25) is 10.0 Å². The second kappa shape index (κ2) is 10.4. The zero-order valence-electron chi connectivity index (χ0n) is 18.4. The van der Waals surface area contributed by atoms with E-state index < -0.39 is 40.5 Å². The van der Waals surface area contributed by atoms with Gasteiger partial charge in [0.1, 0.15) is 19.3 Å². The van der Waals surface area contributed by atoms with Crippen molar-refractivity contribution < 1.29 is 32.2 Å². The van der Waals surface area contributed by atoms with E-state index in [0.29, 0.717) is 41.0 Å². The summed E-state index contributed by atoms with van der Waals surface area (Å²) in [5.74, 6) is -1.14. The van der Waals surface area contributed by atoms with Gasteiger partial charge in [-0.2, -0.15) is 4.72 Å². The Morgan fingerprint density at radius 1 is 1.12 bits per heavy atom. The third-order valence-electron chi connectivity index (χ3n) is 4.91. The van der Waals surface area contributed by atoms with Gasteiger partial charge in [0.15, 0.2) is 18.1 Å². The number of fused-ring (bicyclic) bond motifs is 1. The minimum Gasteiger partial charge on any atom is -0.486 e. The Kier molecular flexibility index (Phi) is 7.83. The number of carbonyl (C=O) groups excluding carboxylic acids is 2. The summed E-state index contributed by atoms with van der Waals surface area (Å²) >= 11 is 6.04. The van der Waals surface area contributed by atoms with E-state index >= 15 is 0 Å². The maximum absolute atomic E-state index is 12.9. The highest BCUT2D eigenvalue weighted by molar-refractivity contribution is 7.89. The zero-order chi connectivity index (χ0) is 24.2. The van der Waals surface area contributed by atoms with Crippen LogP contribution in [-0.4, -0.2) is 46.2 Å². The predicted octanol–water partition coefficient (Wildman–Crippen LogP) is 2.90. The van der Waals surface area contributed by atoms with Crippen LogP contribution < -0.4 is 19.5 Å². The van der Waals surface area contributed by atoms with Crippen LogP contribution in [-0.2, 0) is 24.3 Å². The summed E-state index contributed by atoms with van der Waals surface area (Å²) < 4.78 is 44.0. The smallest absolute Gasteiger partial charge is 0.324 e. The van der Waals surface area contributed by atoms with Gasteiger partial charge >= 0.3 is 5.97 Å². The minimum atomic E-state index is -4.08. The largest absolute Gasteiger partial charge is 0.486 e. The molecule has 0 saturated heterocycles. The van der Waals surface area contributed by atoms with Crippen molar-refractivity contribution in [2.45, 2.75) is 31.7 Å². The lowest BCUT2D eigenvalue weighted by atomic mass is 10.1. The summed E-state index contributed by atoms with van der Waals surface area (Å²) in [5, 5.41) is 3.10. The van der Waals surface area contributed by atoms with Crippen molar-refractivity contribution in [2.75, 3.05) is 25.1 Å². The summed E-state index contributed by atoms with van der Waals surface area (Å²) in [6.07, 6.45) is 0. The van der Waals surface area contributed by atoms with Crippen molar-refractivity contribution in [3.8, 4) is 11.5 Å². The van der Waals surface area contributed by atoms with Crippen molar-refractivity contribution in [2.24, 2.45) is 5.92 Å². The lowest BCUT2D eigenvalue weighted by Crippen LogP contribution is -2.45. The Morgan fingerprint density at radius 3 is 2.52 bits per heavy atom. The number of sulfonamides is 1. The molecule has 2 N–H and O–H groups in total. The molecular formula is C22H25ClN2O7S. The molecule has 0 saturated carbocycles. The molecule has 1 atom stereocenters. The van der Waals surface area contributed by atoms with Gasteiger partial charge in [0, 0.05) is 16.8 Å². The molecule has 11 heteroatoms. The number of rotatable bonds is 8. The summed E-state index contributed by atoms with van der Waals surface area (Å²) in [4.78, 5) is 24.7. The summed E-state index contributed by atoms with van der Waals surface area (Å²) in [5.41, 5.74) is 1.16. The van der Waals surface area contributed by atoms with Crippen molar-refractivity contribution in [3.63, 3.8) is 0 Å².